The van der Waals surface area contributed by atoms with E-state index < -0.39 is 8.80 Å². The summed E-state index contributed by atoms with van der Waals surface area (Å²) < 4.78 is 19.5. The van der Waals surface area contributed by atoms with Crippen molar-refractivity contribution in [3.63, 3.8) is 0 Å². The molecule has 0 atom stereocenters. The first-order valence-electron chi connectivity index (χ1n) is 7.36. The highest BCUT2D eigenvalue weighted by Gasteiger charge is 2.43. The Morgan fingerprint density at radius 3 is 1.80 bits per heavy atom. The van der Waals surface area contributed by atoms with Crippen LogP contribution in [0.3, 0.4) is 0 Å². The molecule has 20 heavy (non-hydrogen) atoms. The van der Waals surface area contributed by atoms with Crippen LogP contribution in [0.2, 0.25) is 0 Å². The third kappa shape index (κ3) is 5.44. The molecule has 0 fully saturated rings. The molecule has 3 nitrogen and oxygen atoms in total. The average molecular weight is 408 g/mol. The molecule has 0 aromatic heterocycles. The normalized spacial score (nSPS) is 11.8. The Morgan fingerprint density at radius 1 is 0.900 bits per heavy atom. The molecule has 0 radical (unpaired) electrons. The van der Waals surface area contributed by atoms with Gasteiger partial charge in [0.25, 0.3) is 0 Å². The monoisotopic (exact) mass is 408 g/mol. The Labute approximate surface area is 137 Å². The Kier molecular flexibility index (Phi) is 8.95. The van der Waals surface area contributed by atoms with Crippen molar-refractivity contribution in [1.29, 1.82) is 0 Å². The Balaban J connectivity index is 3.04. The summed E-state index contributed by atoms with van der Waals surface area (Å²) in [5.41, 5.74) is 0. The van der Waals surface area contributed by atoms with E-state index in [4.69, 9.17) is 13.3 Å². The van der Waals surface area contributed by atoms with E-state index in [0.717, 1.165) is 24.4 Å². The second kappa shape index (κ2) is 9.89. The lowest BCUT2D eigenvalue weighted by Crippen LogP contribution is -2.57. The fourth-order valence-corrected chi connectivity index (χ4v) is 5.40. The molecular weight excluding hydrogens is 383 g/mol. The van der Waals surface area contributed by atoms with Crippen molar-refractivity contribution in [3.8, 4) is 0 Å². The van der Waals surface area contributed by atoms with Crippen LogP contribution in [-0.4, -0.2) is 28.6 Å². The molecule has 0 saturated carbocycles. The van der Waals surface area contributed by atoms with Gasteiger partial charge < -0.3 is 13.3 Å². The molecule has 114 valence electrons. The van der Waals surface area contributed by atoms with Gasteiger partial charge in [0.1, 0.15) is 0 Å². The van der Waals surface area contributed by atoms with Crippen molar-refractivity contribution in [2.24, 2.45) is 0 Å². The van der Waals surface area contributed by atoms with E-state index in [1.807, 2.05) is 6.07 Å². The molecular formula is C15H25IO3Si. The van der Waals surface area contributed by atoms with Gasteiger partial charge in [-0.2, -0.15) is 0 Å². The second-order valence-electron chi connectivity index (χ2n) is 4.61. The van der Waals surface area contributed by atoms with Crippen LogP contribution in [0.15, 0.2) is 24.3 Å². The number of benzene rings is 1. The Morgan fingerprint density at radius 2 is 1.40 bits per heavy atom. The highest BCUT2D eigenvalue weighted by atomic mass is 127. The molecule has 0 aliphatic carbocycles. The van der Waals surface area contributed by atoms with Gasteiger partial charge in [-0.1, -0.05) is 32.9 Å². The van der Waals surface area contributed by atoms with Crippen LogP contribution in [0.25, 0.3) is 0 Å². The molecule has 1 aromatic carbocycles. The third-order valence-corrected chi connectivity index (χ3v) is 6.11. The Bertz CT molecular complexity index is 365. The molecule has 0 spiro atoms. The third-order valence-electron chi connectivity index (χ3n) is 2.67. The molecule has 1 rings (SSSR count). The molecule has 5 heteroatoms. The van der Waals surface area contributed by atoms with Crippen LogP contribution < -0.4 is 5.19 Å². The molecule has 1 aromatic rings. The van der Waals surface area contributed by atoms with Gasteiger partial charge in [0.2, 0.25) is 0 Å². The molecule has 0 amide bonds. The van der Waals surface area contributed by atoms with E-state index in [2.05, 4.69) is 61.6 Å². The first kappa shape index (κ1) is 18.1. The van der Waals surface area contributed by atoms with Gasteiger partial charge in [0.15, 0.2) is 0 Å². The zero-order valence-electron chi connectivity index (χ0n) is 12.7. The van der Waals surface area contributed by atoms with Crippen LogP contribution >= 0.6 is 22.6 Å². The molecule has 0 aliphatic heterocycles. The van der Waals surface area contributed by atoms with Gasteiger partial charge in [-0.15, -0.1) is 0 Å². The van der Waals surface area contributed by atoms with Crippen molar-refractivity contribution in [1.82, 2.24) is 0 Å². The van der Waals surface area contributed by atoms with Crippen molar-refractivity contribution in [2.45, 2.75) is 40.0 Å². The van der Waals surface area contributed by atoms with Crippen LogP contribution in [0.5, 0.6) is 0 Å². The average Bonchev–Trinajstić information content (AvgIpc) is 2.47. The van der Waals surface area contributed by atoms with E-state index in [-0.39, 0.29) is 0 Å². The summed E-state index contributed by atoms with van der Waals surface area (Å²) in [6.45, 7) is 8.33. The second-order valence-corrected chi connectivity index (χ2v) is 8.41. The van der Waals surface area contributed by atoms with E-state index in [9.17, 15) is 0 Å². The maximum absolute atomic E-state index is 6.12. The van der Waals surface area contributed by atoms with Crippen molar-refractivity contribution >= 4 is 36.6 Å². The van der Waals surface area contributed by atoms with E-state index >= 15 is 0 Å². The lowest BCUT2D eigenvalue weighted by atomic mass is 10.4. The molecule has 0 aliphatic rings. The topological polar surface area (TPSA) is 27.7 Å². The molecule has 0 heterocycles. The first-order valence-corrected chi connectivity index (χ1v) is 10.2. The molecule has 0 N–H and O–H groups in total. The number of hydrogen-bond acceptors (Lipinski definition) is 3. The number of rotatable bonds is 10. The van der Waals surface area contributed by atoms with Crippen molar-refractivity contribution < 1.29 is 13.3 Å². The van der Waals surface area contributed by atoms with Crippen LogP contribution in [0.1, 0.15) is 40.0 Å². The minimum Gasteiger partial charge on any atom is -0.370 e. The molecule has 0 bridgehead atoms. The predicted molar refractivity (Wildman–Crippen MR) is 93.3 cm³/mol. The molecule has 0 unspecified atom stereocenters. The standard InChI is InChI=1S/C15H25IO3Si/c1-4-10-17-20(18-11-5-2,19-12-6-3)15-9-7-8-14(16)13-15/h7-9,13H,4-6,10-12H2,1-3H3. The SMILES string of the molecule is CCCO[Si](OCCC)(OCCC)c1cccc(I)c1. The summed E-state index contributed by atoms with van der Waals surface area (Å²) in [4.78, 5) is 0. The minimum absolute atomic E-state index is 0.672. The lowest BCUT2D eigenvalue weighted by Gasteiger charge is -2.29. The van der Waals surface area contributed by atoms with Crippen LogP contribution in [0.4, 0.5) is 0 Å². The molecule has 0 saturated heterocycles. The summed E-state index contributed by atoms with van der Waals surface area (Å²) in [6, 6.07) is 8.30. The van der Waals surface area contributed by atoms with E-state index in [1.165, 1.54) is 3.57 Å². The maximum atomic E-state index is 6.12. The quantitative estimate of drug-likeness (QED) is 0.436. The largest absolute Gasteiger partial charge is 0.537 e. The van der Waals surface area contributed by atoms with Gasteiger partial charge in [-0.3, -0.25) is 0 Å². The van der Waals surface area contributed by atoms with Crippen molar-refractivity contribution in [3.05, 3.63) is 27.8 Å². The summed E-state index contributed by atoms with van der Waals surface area (Å²) in [5, 5.41) is 1.07. The van der Waals surface area contributed by atoms with Gasteiger partial charge in [-0.05, 0) is 54.0 Å². The first-order chi connectivity index (χ1) is 9.68. The summed E-state index contributed by atoms with van der Waals surface area (Å²) in [7, 11) is -2.77. The summed E-state index contributed by atoms with van der Waals surface area (Å²) in [5.74, 6) is 0. The zero-order chi connectivity index (χ0) is 14.8. The predicted octanol–water partition coefficient (Wildman–Crippen LogP) is 3.72. The number of hydrogen-bond donors (Lipinski definition) is 0. The maximum Gasteiger partial charge on any atom is 0.537 e. The lowest BCUT2D eigenvalue weighted by molar-refractivity contribution is 0.0732. The fourth-order valence-electron chi connectivity index (χ4n) is 1.76. The summed E-state index contributed by atoms with van der Waals surface area (Å²) in [6.07, 6.45) is 2.89. The van der Waals surface area contributed by atoms with Gasteiger partial charge >= 0.3 is 8.80 Å². The smallest absolute Gasteiger partial charge is 0.370 e. The van der Waals surface area contributed by atoms with E-state index in [1.54, 1.807) is 0 Å². The Hall–Kier alpha value is 0.0469. The van der Waals surface area contributed by atoms with Crippen LogP contribution in [0, 0.1) is 3.57 Å². The van der Waals surface area contributed by atoms with Gasteiger partial charge in [-0.25, -0.2) is 0 Å². The van der Waals surface area contributed by atoms with Gasteiger partial charge in [0, 0.05) is 28.6 Å². The van der Waals surface area contributed by atoms with Crippen LogP contribution in [-0.2, 0) is 13.3 Å². The fraction of sp³-hybridized carbons (Fsp3) is 0.600. The number of halogens is 1. The van der Waals surface area contributed by atoms with Crippen molar-refractivity contribution in [2.75, 3.05) is 19.8 Å². The summed E-state index contributed by atoms with van der Waals surface area (Å²) >= 11 is 2.31. The van der Waals surface area contributed by atoms with Gasteiger partial charge in [0.05, 0.1) is 0 Å². The highest BCUT2D eigenvalue weighted by Crippen LogP contribution is 2.14. The van der Waals surface area contributed by atoms with E-state index in [0.29, 0.717) is 19.8 Å². The minimum atomic E-state index is -2.77. The zero-order valence-corrected chi connectivity index (χ0v) is 15.8. The highest BCUT2D eigenvalue weighted by molar-refractivity contribution is 14.1.